The smallest absolute Gasteiger partial charge is 0.315 e. The second kappa shape index (κ2) is 9.74. The second-order valence-electron chi connectivity index (χ2n) is 6.40. The first-order valence-corrected chi connectivity index (χ1v) is 8.76. The molecule has 3 amide bonds. The lowest BCUT2D eigenvalue weighted by molar-refractivity contribution is -0.142. The molecule has 0 aliphatic heterocycles. The molecule has 1 aromatic rings. The normalized spacial score (nSPS) is 19.4. The predicted molar refractivity (Wildman–Crippen MR) is 93.3 cm³/mol. The Bertz CT molecular complexity index is 628. The van der Waals surface area contributed by atoms with E-state index >= 15 is 0 Å². The van der Waals surface area contributed by atoms with Crippen molar-refractivity contribution >= 4 is 17.9 Å². The highest BCUT2D eigenvalue weighted by Crippen LogP contribution is 2.24. The maximum atomic E-state index is 12.8. The second-order valence-corrected chi connectivity index (χ2v) is 6.40. The molecule has 8 heteroatoms. The van der Waals surface area contributed by atoms with Gasteiger partial charge in [0.1, 0.15) is 5.82 Å². The number of urea groups is 1. The van der Waals surface area contributed by atoms with Crippen LogP contribution in [0.4, 0.5) is 9.18 Å². The zero-order chi connectivity index (χ0) is 18.9. The third-order valence-corrected chi connectivity index (χ3v) is 4.44. The first kappa shape index (κ1) is 19.7. The van der Waals surface area contributed by atoms with E-state index in [-0.39, 0.29) is 23.9 Å². The fourth-order valence-corrected chi connectivity index (χ4v) is 2.92. The number of hydrogen-bond donors (Lipinski definition) is 4. The van der Waals surface area contributed by atoms with Gasteiger partial charge in [-0.2, -0.15) is 0 Å². The molecule has 0 aromatic heterocycles. The summed E-state index contributed by atoms with van der Waals surface area (Å²) in [6.45, 7) is 0.792. The third-order valence-electron chi connectivity index (χ3n) is 4.44. The van der Waals surface area contributed by atoms with Gasteiger partial charge in [0.05, 0.1) is 5.92 Å². The van der Waals surface area contributed by atoms with Gasteiger partial charge >= 0.3 is 12.0 Å². The fraction of sp³-hybridized carbons (Fsp3) is 0.500. The lowest BCUT2D eigenvalue weighted by Gasteiger charge is -2.26. The van der Waals surface area contributed by atoms with E-state index in [1.54, 1.807) is 0 Å². The molecule has 0 bridgehead atoms. The van der Waals surface area contributed by atoms with Gasteiger partial charge in [0.15, 0.2) is 0 Å². The largest absolute Gasteiger partial charge is 0.481 e. The molecule has 1 aliphatic carbocycles. The first-order valence-electron chi connectivity index (χ1n) is 8.76. The minimum atomic E-state index is -0.768. The van der Waals surface area contributed by atoms with Crippen LogP contribution in [-0.4, -0.2) is 42.1 Å². The van der Waals surface area contributed by atoms with E-state index in [1.165, 1.54) is 24.3 Å². The highest BCUT2D eigenvalue weighted by molar-refractivity contribution is 5.94. The third kappa shape index (κ3) is 6.34. The number of halogens is 1. The van der Waals surface area contributed by atoms with E-state index in [4.69, 9.17) is 5.11 Å². The number of carboxylic acids is 1. The Morgan fingerprint density at radius 1 is 1.00 bits per heavy atom. The Hall–Kier alpha value is -2.64. The summed E-state index contributed by atoms with van der Waals surface area (Å²) in [5, 5.41) is 17.2. The molecule has 0 unspecified atom stereocenters. The molecule has 0 atom stereocenters. The van der Waals surface area contributed by atoms with Gasteiger partial charge < -0.3 is 21.1 Å². The van der Waals surface area contributed by atoms with Gasteiger partial charge in [-0.15, -0.1) is 0 Å². The minimum absolute atomic E-state index is 0.00350. The summed E-state index contributed by atoms with van der Waals surface area (Å²) in [6, 6.07) is 5.00. The van der Waals surface area contributed by atoms with Crippen molar-refractivity contribution in [1.82, 2.24) is 16.0 Å². The van der Waals surface area contributed by atoms with Crippen molar-refractivity contribution in [2.24, 2.45) is 5.92 Å². The number of carboxylic acid groups (broad SMARTS) is 1. The van der Waals surface area contributed by atoms with Crippen molar-refractivity contribution in [2.45, 2.75) is 38.1 Å². The lowest BCUT2D eigenvalue weighted by atomic mass is 9.86. The number of aliphatic carboxylic acids is 1. The molecule has 26 heavy (non-hydrogen) atoms. The van der Waals surface area contributed by atoms with Crippen LogP contribution in [0.5, 0.6) is 0 Å². The molecule has 0 saturated heterocycles. The minimum Gasteiger partial charge on any atom is -0.481 e. The molecular weight excluding hydrogens is 341 g/mol. The van der Waals surface area contributed by atoms with Gasteiger partial charge in [0, 0.05) is 24.7 Å². The highest BCUT2D eigenvalue weighted by atomic mass is 19.1. The van der Waals surface area contributed by atoms with E-state index in [1.807, 2.05) is 0 Å². The molecule has 142 valence electrons. The molecule has 0 radical (unpaired) electrons. The predicted octanol–water partition coefficient (Wildman–Crippen LogP) is 1.89. The SMILES string of the molecule is O=C(NCCCNC(=O)c1ccc(F)cc1)NC1CCC(C(=O)O)CC1. The molecule has 1 aliphatic rings. The summed E-state index contributed by atoms with van der Waals surface area (Å²) in [7, 11) is 0. The molecule has 0 heterocycles. The molecule has 4 N–H and O–H groups in total. The van der Waals surface area contributed by atoms with Gasteiger partial charge in [-0.3, -0.25) is 9.59 Å². The zero-order valence-electron chi connectivity index (χ0n) is 14.5. The standard InChI is InChI=1S/C18H24FN3O4/c19-14-6-2-12(3-7-14)16(23)20-10-1-11-21-18(26)22-15-8-4-13(5-9-15)17(24)25/h2-3,6-7,13,15H,1,4-5,8-11H2,(H,20,23)(H,24,25)(H2,21,22,26). The number of hydrogen-bond acceptors (Lipinski definition) is 3. The van der Waals surface area contributed by atoms with Crippen LogP contribution in [0, 0.1) is 11.7 Å². The van der Waals surface area contributed by atoms with E-state index in [2.05, 4.69) is 16.0 Å². The Kier molecular flexibility index (Phi) is 7.37. The Morgan fingerprint density at radius 3 is 2.23 bits per heavy atom. The maximum absolute atomic E-state index is 12.8. The highest BCUT2D eigenvalue weighted by Gasteiger charge is 2.26. The van der Waals surface area contributed by atoms with E-state index in [9.17, 15) is 18.8 Å². The molecule has 1 saturated carbocycles. The molecule has 7 nitrogen and oxygen atoms in total. The average molecular weight is 365 g/mol. The van der Waals surface area contributed by atoms with Crippen LogP contribution in [0.3, 0.4) is 0 Å². The summed E-state index contributed by atoms with van der Waals surface area (Å²) < 4.78 is 12.8. The fourth-order valence-electron chi connectivity index (χ4n) is 2.92. The van der Waals surface area contributed by atoms with Crippen molar-refractivity contribution in [2.75, 3.05) is 13.1 Å². The monoisotopic (exact) mass is 365 g/mol. The van der Waals surface area contributed by atoms with Gasteiger partial charge in [-0.25, -0.2) is 9.18 Å². The quantitative estimate of drug-likeness (QED) is 0.554. The molecule has 0 spiro atoms. The summed E-state index contributed by atoms with van der Waals surface area (Å²) in [6.07, 6.45) is 3.05. The van der Waals surface area contributed by atoms with Gasteiger partial charge in [0.25, 0.3) is 5.91 Å². The molecule has 1 fully saturated rings. The van der Waals surface area contributed by atoms with Crippen LogP contribution in [0.15, 0.2) is 24.3 Å². The van der Waals surface area contributed by atoms with Gasteiger partial charge in [-0.1, -0.05) is 0 Å². The lowest BCUT2D eigenvalue weighted by Crippen LogP contribution is -2.44. The van der Waals surface area contributed by atoms with Crippen LogP contribution >= 0.6 is 0 Å². The Balaban J connectivity index is 1.55. The van der Waals surface area contributed by atoms with Crippen LogP contribution in [-0.2, 0) is 4.79 Å². The topological polar surface area (TPSA) is 108 Å². The van der Waals surface area contributed by atoms with Crippen LogP contribution in [0.25, 0.3) is 0 Å². The van der Waals surface area contributed by atoms with Gasteiger partial charge in [0.2, 0.25) is 0 Å². The summed E-state index contributed by atoms with van der Waals surface area (Å²) in [4.78, 5) is 34.5. The Morgan fingerprint density at radius 2 is 1.62 bits per heavy atom. The molecule has 1 aromatic carbocycles. The number of carbonyl (C=O) groups excluding carboxylic acids is 2. The van der Waals surface area contributed by atoms with Crippen LogP contribution in [0.1, 0.15) is 42.5 Å². The van der Waals surface area contributed by atoms with Gasteiger partial charge in [-0.05, 0) is 56.4 Å². The Labute approximate surface area is 151 Å². The number of rotatable bonds is 7. The molecule has 2 rings (SSSR count). The number of benzene rings is 1. The number of nitrogens with one attached hydrogen (secondary N) is 3. The van der Waals surface area contributed by atoms with Crippen molar-refractivity contribution in [3.8, 4) is 0 Å². The molecular formula is C18H24FN3O4. The number of carbonyl (C=O) groups is 3. The maximum Gasteiger partial charge on any atom is 0.315 e. The van der Waals surface area contributed by atoms with Crippen molar-refractivity contribution in [3.05, 3.63) is 35.6 Å². The zero-order valence-corrected chi connectivity index (χ0v) is 14.5. The number of amides is 3. The summed E-state index contributed by atoms with van der Waals surface area (Å²) in [5.74, 6) is -1.76. The van der Waals surface area contributed by atoms with E-state index in [0.717, 1.165) is 0 Å². The van der Waals surface area contributed by atoms with Crippen molar-refractivity contribution < 1.29 is 23.9 Å². The average Bonchev–Trinajstić information content (AvgIpc) is 2.62. The van der Waals surface area contributed by atoms with E-state index in [0.29, 0.717) is 50.8 Å². The van der Waals surface area contributed by atoms with Crippen molar-refractivity contribution in [3.63, 3.8) is 0 Å². The summed E-state index contributed by atoms with van der Waals surface area (Å²) >= 11 is 0. The first-order chi connectivity index (χ1) is 12.5. The van der Waals surface area contributed by atoms with E-state index < -0.39 is 11.8 Å². The van der Waals surface area contributed by atoms with Crippen LogP contribution in [0.2, 0.25) is 0 Å². The van der Waals surface area contributed by atoms with Crippen molar-refractivity contribution in [1.29, 1.82) is 0 Å². The van der Waals surface area contributed by atoms with Crippen LogP contribution < -0.4 is 16.0 Å². The summed E-state index contributed by atoms with van der Waals surface area (Å²) in [5.41, 5.74) is 0.383.